The van der Waals surface area contributed by atoms with Gasteiger partial charge in [0, 0.05) is 6.42 Å². The lowest BCUT2D eigenvalue weighted by molar-refractivity contribution is 0.0455. The Bertz CT molecular complexity index is 225. The summed E-state index contributed by atoms with van der Waals surface area (Å²) in [7, 11) is 0. The molecule has 0 aliphatic carbocycles. The first-order chi connectivity index (χ1) is 7.07. The average Bonchev–Trinajstić information content (AvgIpc) is 2.57. The zero-order valence-corrected chi connectivity index (χ0v) is 10.9. The Labute approximate surface area is 94.9 Å². The third-order valence-corrected chi connectivity index (χ3v) is 3.37. The first-order valence-corrected chi connectivity index (χ1v) is 6.43. The van der Waals surface area contributed by atoms with Gasteiger partial charge in [0.25, 0.3) is 0 Å². The van der Waals surface area contributed by atoms with Gasteiger partial charge in [-0.15, -0.1) is 0 Å². The third-order valence-electron chi connectivity index (χ3n) is 3.37. The Balaban J connectivity index is 2.32. The van der Waals surface area contributed by atoms with Gasteiger partial charge in [0.2, 0.25) is 0 Å². The van der Waals surface area contributed by atoms with Crippen molar-refractivity contribution in [2.24, 2.45) is 0 Å². The van der Waals surface area contributed by atoms with Crippen LogP contribution in [0.2, 0.25) is 0 Å². The van der Waals surface area contributed by atoms with Crippen molar-refractivity contribution in [2.45, 2.75) is 78.2 Å². The van der Waals surface area contributed by atoms with Crippen LogP contribution >= 0.6 is 0 Å². The Morgan fingerprint density at radius 2 is 2.00 bits per heavy atom. The lowest BCUT2D eigenvalue weighted by atomic mass is 9.95. The lowest BCUT2D eigenvalue weighted by Gasteiger charge is -2.24. The molecule has 0 saturated carbocycles. The molecule has 1 saturated heterocycles. The summed E-state index contributed by atoms with van der Waals surface area (Å²) >= 11 is 0. The van der Waals surface area contributed by atoms with E-state index in [9.17, 15) is 0 Å². The molecule has 0 spiro atoms. The van der Waals surface area contributed by atoms with Gasteiger partial charge in [-0.05, 0) is 45.6 Å². The van der Waals surface area contributed by atoms with Gasteiger partial charge in [-0.3, -0.25) is 0 Å². The number of hydrogen-bond donors (Lipinski definition) is 0. The van der Waals surface area contributed by atoms with Crippen LogP contribution in [0.5, 0.6) is 0 Å². The zero-order valence-electron chi connectivity index (χ0n) is 10.9. The van der Waals surface area contributed by atoms with Crippen molar-refractivity contribution in [2.75, 3.05) is 0 Å². The number of unbranched alkanes of at least 4 members (excludes halogenated alkanes) is 3. The molecule has 1 nitrogen and oxygen atoms in total. The maximum Gasteiger partial charge on any atom is 0.106 e. The predicted octanol–water partition coefficient (Wildman–Crippen LogP) is 4.82. The Kier molecular flexibility index (Phi) is 4.69. The summed E-state index contributed by atoms with van der Waals surface area (Å²) in [6.45, 7) is 8.83. The average molecular weight is 210 g/mol. The predicted molar refractivity (Wildman–Crippen MR) is 65.9 cm³/mol. The van der Waals surface area contributed by atoms with Gasteiger partial charge in [-0.25, -0.2) is 0 Å². The van der Waals surface area contributed by atoms with Crippen LogP contribution in [0.3, 0.4) is 0 Å². The monoisotopic (exact) mass is 210 g/mol. The van der Waals surface area contributed by atoms with Crippen LogP contribution in [-0.2, 0) is 4.74 Å². The molecule has 1 fully saturated rings. The molecule has 0 N–H and O–H groups in total. The van der Waals surface area contributed by atoms with Crippen LogP contribution in [0, 0.1) is 0 Å². The van der Waals surface area contributed by atoms with Crippen LogP contribution in [0.25, 0.3) is 0 Å². The fourth-order valence-electron chi connectivity index (χ4n) is 2.23. The van der Waals surface area contributed by atoms with Gasteiger partial charge in [-0.2, -0.15) is 0 Å². The van der Waals surface area contributed by atoms with E-state index >= 15 is 0 Å². The second kappa shape index (κ2) is 5.58. The minimum Gasteiger partial charge on any atom is -0.492 e. The normalized spacial score (nSPS) is 25.5. The van der Waals surface area contributed by atoms with Gasteiger partial charge >= 0.3 is 0 Å². The number of hydrogen-bond acceptors (Lipinski definition) is 1. The van der Waals surface area contributed by atoms with Gasteiger partial charge in [0.1, 0.15) is 5.60 Å². The summed E-state index contributed by atoms with van der Waals surface area (Å²) in [6, 6.07) is 0. The minimum atomic E-state index is 0.139. The molecule has 1 aliphatic heterocycles. The summed E-state index contributed by atoms with van der Waals surface area (Å²) in [6.07, 6.45) is 8.94. The van der Waals surface area contributed by atoms with Gasteiger partial charge in [0.15, 0.2) is 0 Å². The third kappa shape index (κ3) is 3.89. The SMILES string of the molecule is CCCCCCC1(C)CCC(=C(C)C)O1. The van der Waals surface area contributed by atoms with Crippen molar-refractivity contribution in [3.05, 3.63) is 11.3 Å². The highest BCUT2D eigenvalue weighted by molar-refractivity contribution is 5.09. The van der Waals surface area contributed by atoms with E-state index in [4.69, 9.17) is 4.74 Å². The minimum absolute atomic E-state index is 0.139. The van der Waals surface area contributed by atoms with E-state index in [-0.39, 0.29) is 5.60 Å². The van der Waals surface area contributed by atoms with E-state index < -0.39 is 0 Å². The first kappa shape index (κ1) is 12.6. The highest BCUT2D eigenvalue weighted by Gasteiger charge is 2.32. The molecule has 1 atom stereocenters. The van der Waals surface area contributed by atoms with Gasteiger partial charge < -0.3 is 4.74 Å². The van der Waals surface area contributed by atoms with Crippen molar-refractivity contribution in [3.8, 4) is 0 Å². The second-order valence-electron chi connectivity index (χ2n) is 5.29. The van der Waals surface area contributed by atoms with E-state index in [1.54, 1.807) is 0 Å². The molecule has 1 heterocycles. The van der Waals surface area contributed by atoms with Crippen molar-refractivity contribution in [3.63, 3.8) is 0 Å². The largest absolute Gasteiger partial charge is 0.492 e. The van der Waals surface area contributed by atoms with Gasteiger partial charge in [0.05, 0.1) is 5.76 Å². The summed E-state index contributed by atoms with van der Waals surface area (Å²) in [5, 5.41) is 0. The second-order valence-corrected chi connectivity index (χ2v) is 5.29. The molecule has 0 aromatic rings. The molecule has 1 heteroatoms. The van der Waals surface area contributed by atoms with E-state index in [1.165, 1.54) is 49.9 Å². The highest BCUT2D eigenvalue weighted by atomic mass is 16.5. The molecule has 0 aromatic heterocycles. The molecule has 0 aromatic carbocycles. The van der Waals surface area contributed by atoms with Crippen molar-refractivity contribution in [1.82, 2.24) is 0 Å². The summed E-state index contributed by atoms with van der Waals surface area (Å²) in [5.41, 5.74) is 1.49. The van der Waals surface area contributed by atoms with Crippen molar-refractivity contribution < 1.29 is 4.74 Å². The molecule has 0 bridgehead atoms. The molecule has 1 rings (SSSR count). The smallest absolute Gasteiger partial charge is 0.106 e. The zero-order chi connectivity index (χ0) is 11.3. The molecular formula is C14H26O. The number of ether oxygens (including phenoxy) is 1. The molecule has 1 unspecified atom stereocenters. The summed E-state index contributed by atoms with van der Waals surface area (Å²) in [5.74, 6) is 1.24. The molecule has 1 aliphatic rings. The quantitative estimate of drug-likeness (QED) is 0.591. The standard InChI is InChI=1S/C14H26O/c1-5-6-7-8-10-14(4)11-9-13(15-14)12(2)3/h5-11H2,1-4H3. The molecule has 0 radical (unpaired) electrons. The summed E-state index contributed by atoms with van der Waals surface area (Å²) in [4.78, 5) is 0. The van der Waals surface area contributed by atoms with E-state index in [0.29, 0.717) is 0 Å². The van der Waals surface area contributed by atoms with Crippen molar-refractivity contribution >= 4 is 0 Å². The van der Waals surface area contributed by atoms with E-state index in [1.807, 2.05) is 0 Å². The van der Waals surface area contributed by atoms with Gasteiger partial charge in [-0.1, -0.05) is 26.2 Å². The van der Waals surface area contributed by atoms with Crippen LogP contribution in [0.4, 0.5) is 0 Å². The maximum absolute atomic E-state index is 6.07. The topological polar surface area (TPSA) is 9.23 Å². The molecule has 0 amide bonds. The number of allylic oxidation sites excluding steroid dienone is 2. The molecular weight excluding hydrogens is 184 g/mol. The number of rotatable bonds is 5. The fourth-order valence-corrected chi connectivity index (χ4v) is 2.23. The van der Waals surface area contributed by atoms with Crippen LogP contribution in [-0.4, -0.2) is 5.60 Å². The Morgan fingerprint density at radius 1 is 1.27 bits per heavy atom. The molecule has 88 valence electrons. The maximum atomic E-state index is 6.07. The van der Waals surface area contributed by atoms with E-state index in [0.717, 1.165) is 6.42 Å². The highest BCUT2D eigenvalue weighted by Crippen LogP contribution is 2.37. The van der Waals surface area contributed by atoms with Crippen LogP contribution in [0.1, 0.15) is 72.6 Å². The fraction of sp³-hybridized carbons (Fsp3) is 0.857. The van der Waals surface area contributed by atoms with Crippen molar-refractivity contribution in [1.29, 1.82) is 0 Å². The lowest BCUT2D eigenvalue weighted by Crippen LogP contribution is -2.22. The van der Waals surface area contributed by atoms with Crippen LogP contribution < -0.4 is 0 Å². The first-order valence-electron chi connectivity index (χ1n) is 6.43. The Hall–Kier alpha value is -0.460. The summed E-state index contributed by atoms with van der Waals surface area (Å²) < 4.78 is 6.07. The molecule has 15 heavy (non-hydrogen) atoms. The van der Waals surface area contributed by atoms with E-state index in [2.05, 4.69) is 27.7 Å². The van der Waals surface area contributed by atoms with Crippen LogP contribution in [0.15, 0.2) is 11.3 Å². The Morgan fingerprint density at radius 3 is 2.53 bits per heavy atom.